The predicted octanol–water partition coefficient (Wildman–Crippen LogP) is 3.43. The van der Waals surface area contributed by atoms with E-state index < -0.39 is 31.2 Å². The van der Waals surface area contributed by atoms with Crippen molar-refractivity contribution in [2.45, 2.75) is 39.5 Å². The fourth-order valence-corrected chi connectivity index (χ4v) is 3.19. The smallest absolute Gasteiger partial charge is 0.406 e. The summed E-state index contributed by atoms with van der Waals surface area (Å²) in [4.78, 5) is 24.4. The zero-order valence-corrected chi connectivity index (χ0v) is 16.6. The minimum absolute atomic E-state index is 0.00614. The second-order valence-corrected chi connectivity index (χ2v) is 6.96. The molecule has 0 bridgehead atoms. The SMILES string of the molecule is Cc1cc(C(=O)OCC(=O)N[C@@H](C)c2ccc3c(c2)OCO3)c(C)n1CC(F)(F)F. The number of esters is 1. The topological polar surface area (TPSA) is 78.8 Å². The molecular formula is C20H21F3N2O5. The van der Waals surface area contributed by atoms with E-state index in [9.17, 15) is 22.8 Å². The zero-order chi connectivity index (χ0) is 22.1. The van der Waals surface area contributed by atoms with Crippen molar-refractivity contribution in [3.8, 4) is 11.5 Å². The molecule has 0 unspecified atom stereocenters. The molecule has 1 atom stereocenters. The summed E-state index contributed by atoms with van der Waals surface area (Å²) < 4.78 is 54.6. The molecule has 1 aromatic heterocycles. The van der Waals surface area contributed by atoms with Gasteiger partial charge >= 0.3 is 12.1 Å². The highest BCUT2D eigenvalue weighted by molar-refractivity contribution is 5.92. The van der Waals surface area contributed by atoms with Gasteiger partial charge < -0.3 is 24.1 Å². The first-order valence-corrected chi connectivity index (χ1v) is 9.14. The molecule has 7 nitrogen and oxygen atoms in total. The van der Waals surface area contributed by atoms with Gasteiger partial charge in [-0.3, -0.25) is 4.79 Å². The molecule has 1 aliphatic rings. The molecule has 2 heterocycles. The lowest BCUT2D eigenvalue weighted by Gasteiger charge is -2.15. The molecule has 0 saturated heterocycles. The molecule has 3 rings (SSSR count). The first-order valence-electron chi connectivity index (χ1n) is 9.14. The monoisotopic (exact) mass is 426 g/mol. The minimum Gasteiger partial charge on any atom is -0.454 e. The number of rotatable bonds is 6. The lowest BCUT2D eigenvalue weighted by Crippen LogP contribution is -2.31. The van der Waals surface area contributed by atoms with E-state index in [0.29, 0.717) is 11.5 Å². The third-order valence-electron chi connectivity index (χ3n) is 4.74. The Morgan fingerprint density at radius 2 is 1.90 bits per heavy atom. The summed E-state index contributed by atoms with van der Waals surface area (Å²) >= 11 is 0. The van der Waals surface area contributed by atoms with E-state index in [-0.39, 0.29) is 29.8 Å². The summed E-state index contributed by atoms with van der Waals surface area (Å²) in [5.74, 6) is -0.205. The van der Waals surface area contributed by atoms with Crippen LogP contribution in [0.4, 0.5) is 13.2 Å². The molecule has 1 N–H and O–H groups in total. The van der Waals surface area contributed by atoms with Gasteiger partial charge in [0.2, 0.25) is 6.79 Å². The van der Waals surface area contributed by atoms with Crippen LogP contribution in [0.15, 0.2) is 24.3 Å². The standard InChI is InChI=1S/C20H21F3N2O5/c1-11-6-15(13(3)25(11)9-20(21,22)23)19(27)28-8-18(26)24-12(2)14-4-5-16-17(7-14)30-10-29-16/h4-7,12H,8-10H2,1-3H3,(H,24,26)/t12-/m0/s1. The second kappa shape index (κ2) is 8.29. The van der Waals surface area contributed by atoms with Crippen molar-refractivity contribution >= 4 is 11.9 Å². The Kier molecular flexibility index (Phi) is 5.95. The number of halogens is 3. The number of nitrogens with one attached hydrogen (secondary N) is 1. The molecule has 0 radical (unpaired) electrons. The van der Waals surface area contributed by atoms with Crippen LogP contribution in [0.1, 0.15) is 40.3 Å². The summed E-state index contributed by atoms with van der Waals surface area (Å²) in [5.41, 5.74) is 1.17. The van der Waals surface area contributed by atoms with Gasteiger partial charge in [0.15, 0.2) is 18.1 Å². The van der Waals surface area contributed by atoms with Crippen LogP contribution in [0.5, 0.6) is 11.5 Å². The molecule has 1 aromatic carbocycles. The summed E-state index contributed by atoms with van der Waals surface area (Å²) in [7, 11) is 0. The second-order valence-electron chi connectivity index (χ2n) is 6.96. The Morgan fingerprint density at radius 1 is 1.20 bits per heavy atom. The van der Waals surface area contributed by atoms with E-state index in [2.05, 4.69) is 5.32 Å². The summed E-state index contributed by atoms with van der Waals surface area (Å²) in [6.07, 6.45) is -4.42. The van der Waals surface area contributed by atoms with Crippen molar-refractivity contribution in [3.05, 3.63) is 46.8 Å². The number of amides is 1. The molecule has 0 saturated carbocycles. The third-order valence-corrected chi connectivity index (χ3v) is 4.74. The van der Waals surface area contributed by atoms with Crippen LogP contribution in [0.2, 0.25) is 0 Å². The highest BCUT2D eigenvalue weighted by atomic mass is 19.4. The van der Waals surface area contributed by atoms with Gasteiger partial charge in [-0.2, -0.15) is 13.2 Å². The van der Waals surface area contributed by atoms with Crippen molar-refractivity contribution in [3.63, 3.8) is 0 Å². The van der Waals surface area contributed by atoms with Gasteiger partial charge in [-0.1, -0.05) is 6.07 Å². The molecule has 0 aliphatic carbocycles. The molecular weight excluding hydrogens is 405 g/mol. The summed E-state index contributed by atoms with van der Waals surface area (Å²) in [5, 5.41) is 2.69. The van der Waals surface area contributed by atoms with Crippen molar-refractivity contribution in [2.24, 2.45) is 0 Å². The number of benzene rings is 1. The number of alkyl halides is 3. The largest absolute Gasteiger partial charge is 0.454 e. The molecule has 2 aromatic rings. The van der Waals surface area contributed by atoms with Gasteiger partial charge in [0, 0.05) is 11.4 Å². The number of nitrogens with zero attached hydrogens (tertiary/aromatic N) is 1. The Hall–Kier alpha value is -3.17. The van der Waals surface area contributed by atoms with Gasteiger partial charge in [-0.05, 0) is 44.5 Å². The quantitative estimate of drug-likeness (QED) is 0.716. The van der Waals surface area contributed by atoms with Crippen LogP contribution in [0.3, 0.4) is 0 Å². The number of fused-ring (bicyclic) bond motifs is 1. The average Bonchev–Trinajstić information content (AvgIpc) is 3.24. The number of hydrogen-bond donors (Lipinski definition) is 1. The maximum atomic E-state index is 12.7. The highest BCUT2D eigenvalue weighted by Crippen LogP contribution is 2.34. The van der Waals surface area contributed by atoms with Crippen LogP contribution < -0.4 is 14.8 Å². The highest BCUT2D eigenvalue weighted by Gasteiger charge is 2.30. The van der Waals surface area contributed by atoms with Crippen LogP contribution in [-0.4, -0.2) is 36.0 Å². The van der Waals surface area contributed by atoms with Crippen LogP contribution in [-0.2, 0) is 16.1 Å². The van der Waals surface area contributed by atoms with E-state index in [0.717, 1.165) is 10.1 Å². The Bertz CT molecular complexity index is 968. The predicted molar refractivity (Wildman–Crippen MR) is 99.4 cm³/mol. The van der Waals surface area contributed by atoms with Crippen LogP contribution in [0.25, 0.3) is 0 Å². The molecule has 0 fully saturated rings. The minimum atomic E-state index is -4.42. The fraction of sp³-hybridized carbons (Fsp3) is 0.400. The molecule has 0 spiro atoms. The van der Waals surface area contributed by atoms with Crippen molar-refractivity contribution in [1.29, 1.82) is 0 Å². The number of hydrogen-bond acceptors (Lipinski definition) is 5. The molecule has 1 amide bonds. The normalized spacial score (nSPS) is 13.8. The van der Waals surface area contributed by atoms with E-state index >= 15 is 0 Å². The van der Waals surface area contributed by atoms with Crippen molar-refractivity contribution < 1.29 is 37.0 Å². The maximum absolute atomic E-state index is 12.7. The number of carbonyl (C=O) groups excluding carboxylic acids is 2. The number of carbonyl (C=O) groups is 2. The third kappa shape index (κ3) is 4.87. The van der Waals surface area contributed by atoms with E-state index in [1.165, 1.54) is 19.9 Å². The maximum Gasteiger partial charge on any atom is 0.406 e. The Morgan fingerprint density at radius 3 is 2.60 bits per heavy atom. The lowest BCUT2D eigenvalue weighted by atomic mass is 10.1. The number of aryl methyl sites for hydroxylation is 1. The number of ether oxygens (including phenoxy) is 3. The van der Waals surface area contributed by atoms with Gasteiger partial charge in [0.1, 0.15) is 6.54 Å². The average molecular weight is 426 g/mol. The molecule has 10 heteroatoms. The van der Waals surface area contributed by atoms with Gasteiger partial charge in [-0.25, -0.2) is 4.79 Å². The molecule has 30 heavy (non-hydrogen) atoms. The fourth-order valence-electron chi connectivity index (χ4n) is 3.19. The van der Waals surface area contributed by atoms with Crippen molar-refractivity contribution in [2.75, 3.05) is 13.4 Å². The van der Waals surface area contributed by atoms with Crippen LogP contribution in [0, 0.1) is 13.8 Å². The first-order chi connectivity index (χ1) is 14.0. The van der Waals surface area contributed by atoms with Gasteiger partial charge in [0.05, 0.1) is 11.6 Å². The lowest BCUT2D eigenvalue weighted by molar-refractivity contribution is -0.141. The van der Waals surface area contributed by atoms with E-state index in [4.69, 9.17) is 14.2 Å². The molecule has 162 valence electrons. The van der Waals surface area contributed by atoms with Crippen molar-refractivity contribution in [1.82, 2.24) is 9.88 Å². The van der Waals surface area contributed by atoms with E-state index in [1.54, 1.807) is 25.1 Å². The van der Waals surface area contributed by atoms with Gasteiger partial charge in [-0.15, -0.1) is 0 Å². The van der Waals surface area contributed by atoms with Gasteiger partial charge in [0.25, 0.3) is 5.91 Å². The molecule has 1 aliphatic heterocycles. The summed E-state index contributed by atoms with van der Waals surface area (Å²) in [6.45, 7) is 3.00. The zero-order valence-electron chi connectivity index (χ0n) is 16.6. The van der Waals surface area contributed by atoms with Crippen LogP contribution >= 0.6 is 0 Å². The number of aromatic nitrogens is 1. The van der Waals surface area contributed by atoms with E-state index in [1.807, 2.05) is 0 Å². The summed E-state index contributed by atoms with van der Waals surface area (Å²) in [6, 6.07) is 6.19. The first kappa shape index (κ1) is 21.5. The Balaban J connectivity index is 1.57. The Labute approximate surface area is 170 Å².